The number of phenolic OH excluding ortho intramolecular Hbond substituents is 1. The summed E-state index contributed by atoms with van der Waals surface area (Å²) >= 11 is 0. The number of phenols is 1. The highest BCUT2D eigenvalue weighted by molar-refractivity contribution is 6.04. The first-order chi connectivity index (χ1) is 11.7. The number of carbonyl (C=O) groups excluding carboxylic acids is 1. The molecule has 8 nitrogen and oxygen atoms in total. The van der Waals surface area contributed by atoms with Crippen molar-refractivity contribution in [2.75, 3.05) is 47.2 Å². The Morgan fingerprint density at radius 2 is 2.08 bits per heavy atom. The van der Waals surface area contributed by atoms with Gasteiger partial charge in [0, 0.05) is 13.2 Å². The normalized spacial score (nSPS) is 16.4. The lowest BCUT2D eigenvalue weighted by atomic mass is 10.1. The largest absolute Gasteiger partial charge is 0.507 e. The zero-order chi connectivity index (χ0) is 17.4. The Morgan fingerprint density at radius 1 is 1.29 bits per heavy atom. The van der Waals surface area contributed by atoms with E-state index in [9.17, 15) is 9.90 Å². The van der Waals surface area contributed by atoms with Crippen LogP contribution in [0.25, 0.3) is 0 Å². The van der Waals surface area contributed by atoms with Crippen LogP contribution in [0.4, 0.5) is 0 Å². The van der Waals surface area contributed by atoms with Gasteiger partial charge < -0.3 is 29.4 Å². The third kappa shape index (κ3) is 4.84. The molecule has 2 N–H and O–H groups in total. The van der Waals surface area contributed by atoms with Gasteiger partial charge in [0.25, 0.3) is 0 Å². The lowest BCUT2D eigenvalue weighted by Crippen LogP contribution is -2.38. The van der Waals surface area contributed by atoms with Crippen molar-refractivity contribution in [3.63, 3.8) is 0 Å². The van der Waals surface area contributed by atoms with Crippen molar-refractivity contribution in [2.24, 2.45) is 4.99 Å². The molecule has 0 aromatic heterocycles. The van der Waals surface area contributed by atoms with E-state index in [4.69, 9.17) is 14.2 Å². The number of methoxy groups -OCH3 is 2. The second-order valence-electron chi connectivity index (χ2n) is 5.04. The molecule has 0 radical (unpaired) electrons. The molecule has 1 unspecified atom stereocenters. The summed E-state index contributed by atoms with van der Waals surface area (Å²) in [6, 6.07) is 4.38. The van der Waals surface area contributed by atoms with Crippen molar-refractivity contribution in [1.82, 2.24) is 5.32 Å². The smallest absolute Gasteiger partial charge is 0.330 e. The zero-order valence-electron chi connectivity index (χ0n) is 13.8. The fourth-order valence-electron chi connectivity index (χ4n) is 2.14. The van der Waals surface area contributed by atoms with Gasteiger partial charge in [0.05, 0.1) is 39.0 Å². The number of aliphatic imine (C=N–C) groups is 1. The summed E-state index contributed by atoms with van der Waals surface area (Å²) in [6.45, 7) is 2.12. The average Bonchev–Trinajstić information content (AvgIpc) is 3.07. The maximum Gasteiger partial charge on any atom is 0.330 e. The maximum atomic E-state index is 11.5. The van der Waals surface area contributed by atoms with Gasteiger partial charge in [-0.2, -0.15) is 0 Å². The molecule has 1 aromatic carbocycles. The molecule has 1 heterocycles. The van der Waals surface area contributed by atoms with E-state index in [1.165, 1.54) is 13.2 Å². The second-order valence-corrected chi connectivity index (χ2v) is 5.04. The highest BCUT2D eigenvalue weighted by Gasteiger charge is 2.27. The van der Waals surface area contributed by atoms with Gasteiger partial charge in [-0.05, 0) is 12.1 Å². The molecule has 0 saturated carbocycles. The number of esters is 1. The summed E-state index contributed by atoms with van der Waals surface area (Å²) in [6.07, 6.45) is 0. The molecule has 8 heteroatoms. The summed E-state index contributed by atoms with van der Waals surface area (Å²) in [4.78, 5) is 15.7. The molecule has 132 valence electrons. The predicted octanol–water partition coefficient (Wildman–Crippen LogP) is 0.325. The second kappa shape index (κ2) is 9.09. The Bertz CT molecular complexity index is 590. The molecule has 24 heavy (non-hydrogen) atoms. The summed E-state index contributed by atoms with van der Waals surface area (Å²) < 4.78 is 20.3. The Kier molecular flexibility index (Phi) is 6.83. The van der Waals surface area contributed by atoms with Crippen molar-refractivity contribution < 1.29 is 28.8 Å². The molecule has 1 aromatic rings. The first-order valence-electron chi connectivity index (χ1n) is 7.57. The van der Waals surface area contributed by atoms with E-state index in [1.54, 1.807) is 19.2 Å². The third-order valence-electron chi connectivity index (χ3n) is 3.38. The summed E-state index contributed by atoms with van der Waals surface area (Å²) in [5.74, 6) is 0.610. The van der Waals surface area contributed by atoms with E-state index in [1.807, 2.05) is 0 Å². The molecular formula is C16H22N2O6. The Balaban J connectivity index is 1.85. The molecular weight excluding hydrogens is 316 g/mol. The van der Waals surface area contributed by atoms with Crippen LogP contribution in [0.15, 0.2) is 23.2 Å². The first kappa shape index (κ1) is 18.0. The fourth-order valence-corrected chi connectivity index (χ4v) is 2.14. The van der Waals surface area contributed by atoms with Crippen molar-refractivity contribution in [1.29, 1.82) is 0 Å². The predicted molar refractivity (Wildman–Crippen MR) is 86.6 cm³/mol. The van der Waals surface area contributed by atoms with E-state index in [0.717, 1.165) is 0 Å². The number of nitrogens with one attached hydrogen (secondary N) is 1. The van der Waals surface area contributed by atoms with E-state index in [-0.39, 0.29) is 18.3 Å². The molecule has 0 amide bonds. The summed E-state index contributed by atoms with van der Waals surface area (Å²) in [7, 11) is 2.94. The van der Waals surface area contributed by atoms with E-state index < -0.39 is 6.04 Å². The number of nitrogens with zero attached hydrogens (tertiary/aromatic N) is 1. The maximum absolute atomic E-state index is 11.5. The monoisotopic (exact) mass is 338 g/mol. The lowest BCUT2D eigenvalue weighted by Gasteiger charge is -2.12. The molecule has 0 spiro atoms. The zero-order valence-corrected chi connectivity index (χ0v) is 13.8. The Labute approximate surface area is 140 Å². The number of ether oxygens (including phenoxy) is 4. The summed E-state index contributed by atoms with van der Waals surface area (Å²) in [5, 5.41) is 13.1. The van der Waals surface area contributed by atoms with Crippen molar-refractivity contribution >= 4 is 11.8 Å². The summed E-state index contributed by atoms with van der Waals surface area (Å²) in [5.41, 5.74) is 0.505. The van der Waals surface area contributed by atoms with Crippen molar-refractivity contribution in [3.05, 3.63) is 23.8 Å². The molecule has 2 rings (SSSR count). The van der Waals surface area contributed by atoms with E-state index >= 15 is 0 Å². The molecule has 1 aliphatic heterocycles. The van der Waals surface area contributed by atoms with Crippen LogP contribution >= 0.6 is 0 Å². The minimum absolute atomic E-state index is 0.0181. The number of carbonyl (C=O) groups is 1. The SMILES string of the molecule is COCCOCCOc1ccc(C2=NCC(C(=O)OC)N2)c(O)c1. The standard InChI is InChI=1S/C16H22N2O6/c1-21-5-6-23-7-8-24-11-3-4-12(14(19)9-11)15-17-10-13(18-15)16(20)22-2/h3-4,9,13,19H,5-8,10H2,1-2H3,(H,17,18). The number of amidine groups is 1. The Morgan fingerprint density at radius 3 is 2.79 bits per heavy atom. The third-order valence-corrected chi connectivity index (χ3v) is 3.38. The molecule has 0 saturated heterocycles. The number of rotatable bonds is 9. The minimum atomic E-state index is -0.524. The molecule has 1 atom stereocenters. The average molecular weight is 338 g/mol. The molecule has 0 aliphatic carbocycles. The number of benzene rings is 1. The van der Waals surface area contributed by atoms with E-state index in [0.29, 0.717) is 43.6 Å². The van der Waals surface area contributed by atoms with Gasteiger partial charge in [-0.3, -0.25) is 4.99 Å². The molecule has 0 fully saturated rings. The first-order valence-corrected chi connectivity index (χ1v) is 7.57. The Hall–Kier alpha value is -2.32. The van der Waals surface area contributed by atoms with Crippen LogP contribution in [0.5, 0.6) is 11.5 Å². The van der Waals surface area contributed by atoms with Gasteiger partial charge in [-0.15, -0.1) is 0 Å². The van der Waals surface area contributed by atoms with Gasteiger partial charge >= 0.3 is 5.97 Å². The van der Waals surface area contributed by atoms with Gasteiger partial charge in [-0.1, -0.05) is 0 Å². The quantitative estimate of drug-likeness (QED) is 0.494. The van der Waals surface area contributed by atoms with Gasteiger partial charge in [0.15, 0.2) is 0 Å². The highest BCUT2D eigenvalue weighted by atomic mass is 16.5. The molecule has 1 aliphatic rings. The fraction of sp³-hybridized carbons (Fsp3) is 0.500. The van der Waals surface area contributed by atoms with Gasteiger partial charge in [0.1, 0.15) is 30.0 Å². The number of aromatic hydroxyl groups is 1. The van der Waals surface area contributed by atoms with Crippen molar-refractivity contribution in [3.8, 4) is 11.5 Å². The lowest BCUT2D eigenvalue weighted by molar-refractivity contribution is -0.142. The van der Waals surface area contributed by atoms with E-state index in [2.05, 4.69) is 15.0 Å². The van der Waals surface area contributed by atoms with Crippen LogP contribution in [0.3, 0.4) is 0 Å². The van der Waals surface area contributed by atoms with Gasteiger partial charge in [-0.25, -0.2) is 4.79 Å². The minimum Gasteiger partial charge on any atom is -0.507 e. The number of hydrogen-bond acceptors (Lipinski definition) is 8. The van der Waals surface area contributed by atoms with Crippen LogP contribution in [-0.4, -0.2) is 70.1 Å². The van der Waals surface area contributed by atoms with Crippen molar-refractivity contribution in [2.45, 2.75) is 6.04 Å². The van der Waals surface area contributed by atoms with Gasteiger partial charge in [0.2, 0.25) is 0 Å². The van der Waals surface area contributed by atoms with Crippen LogP contribution in [0.1, 0.15) is 5.56 Å². The highest BCUT2D eigenvalue weighted by Crippen LogP contribution is 2.25. The topological polar surface area (TPSA) is 98.6 Å². The number of hydrogen-bond donors (Lipinski definition) is 2. The van der Waals surface area contributed by atoms with Crippen LogP contribution in [-0.2, 0) is 19.0 Å². The van der Waals surface area contributed by atoms with Crippen LogP contribution < -0.4 is 10.1 Å². The molecule has 0 bridgehead atoms. The van der Waals surface area contributed by atoms with Crippen LogP contribution in [0.2, 0.25) is 0 Å². The van der Waals surface area contributed by atoms with Crippen LogP contribution in [0, 0.1) is 0 Å².